The second kappa shape index (κ2) is 3.90. The minimum absolute atomic E-state index is 0.00407. The van der Waals surface area contributed by atoms with E-state index in [1.165, 1.54) is 0 Å². The molecule has 1 aliphatic heterocycles. The Bertz CT molecular complexity index is 321. The highest BCUT2D eigenvalue weighted by Gasteiger charge is 2.32. The van der Waals surface area contributed by atoms with E-state index in [2.05, 4.69) is 0 Å². The molecule has 1 aromatic rings. The van der Waals surface area contributed by atoms with E-state index < -0.39 is 6.10 Å². The van der Waals surface area contributed by atoms with E-state index in [1.807, 2.05) is 25.1 Å². The summed E-state index contributed by atoms with van der Waals surface area (Å²) in [6.07, 6.45) is -0.597. The van der Waals surface area contributed by atoms with E-state index >= 15 is 0 Å². The van der Waals surface area contributed by atoms with Crippen LogP contribution in [0.25, 0.3) is 0 Å². The van der Waals surface area contributed by atoms with Gasteiger partial charge in [0.1, 0.15) is 12.9 Å². The Kier molecular flexibility index (Phi) is 2.61. The molecule has 1 fully saturated rings. The van der Waals surface area contributed by atoms with Crippen molar-refractivity contribution in [1.82, 2.24) is 0 Å². The maximum absolute atomic E-state index is 11.9. The molecule has 0 N–H and O–H groups in total. The van der Waals surface area contributed by atoms with Crippen molar-refractivity contribution in [3.8, 4) is 0 Å². The summed E-state index contributed by atoms with van der Waals surface area (Å²) in [6, 6.07) is 9.14. The third-order valence-electron chi connectivity index (χ3n) is 2.32. The molecule has 0 amide bonds. The lowest BCUT2D eigenvalue weighted by Gasteiger charge is -2.10. The third kappa shape index (κ3) is 1.69. The second-order valence-electron chi connectivity index (χ2n) is 3.31. The SMILES string of the molecule is CC1OCOC1C(=O)c1ccccc1. The summed E-state index contributed by atoms with van der Waals surface area (Å²) in [7, 11) is 0. The quantitative estimate of drug-likeness (QED) is 0.668. The fourth-order valence-corrected chi connectivity index (χ4v) is 1.50. The van der Waals surface area contributed by atoms with Gasteiger partial charge in [0.15, 0.2) is 5.78 Å². The summed E-state index contributed by atoms with van der Waals surface area (Å²) in [4.78, 5) is 11.9. The van der Waals surface area contributed by atoms with E-state index in [-0.39, 0.29) is 18.7 Å². The van der Waals surface area contributed by atoms with Crippen molar-refractivity contribution in [1.29, 1.82) is 0 Å². The minimum Gasteiger partial charge on any atom is -0.349 e. The lowest BCUT2D eigenvalue weighted by molar-refractivity contribution is 0.0380. The number of hydrogen-bond donors (Lipinski definition) is 0. The number of ether oxygens (including phenoxy) is 2. The molecule has 2 rings (SSSR count). The highest BCUT2D eigenvalue weighted by atomic mass is 16.7. The Morgan fingerprint density at radius 3 is 2.57 bits per heavy atom. The van der Waals surface area contributed by atoms with Crippen molar-refractivity contribution < 1.29 is 14.3 Å². The first-order chi connectivity index (χ1) is 6.79. The fourth-order valence-electron chi connectivity index (χ4n) is 1.50. The van der Waals surface area contributed by atoms with Gasteiger partial charge in [-0.15, -0.1) is 0 Å². The Hall–Kier alpha value is -1.19. The Morgan fingerprint density at radius 2 is 2.00 bits per heavy atom. The van der Waals surface area contributed by atoms with Crippen LogP contribution in [-0.4, -0.2) is 24.8 Å². The van der Waals surface area contributed by atoms with Gasteiger partial charge in [-0.3, -0.25) is 4.79 Å². The lowest BCUT2D eigenvalue weighted by Crippen LogP contribution is -2.29. The molecule has 2 atom stereocenters. The molecule has 0 radical (unpaired) electrons. The molecule has 0 saturated carbocycles. The van der Waals surface area contributed by atoms with Crippen LogP contribution >= 0.6 is 0 Å². The standard InChI is InChI=1S/C11H12O3/c1-8-11(14-7-13-8)10(12)9-5-3-2-4-6-9/h2-6,8,11H,7H2,1H3. The van der Waals surface area contributed by atoms with Crippen molar-refractivity contribution >= 4 is 5.78 Å². The highest BCUT2D eigenvalue weighted by molar-refractivity contribution is 5.99. The number of rotatable bonds is 2. The summed E-state index contributed by atoms with van der Waals surface area (Å²) in [5.41, 5.74) is 0.676. The normalized spacial score (nSPS) is 26.4. The highest BCUT2D eigenvalue weighted by Crippen LogP contribution is 2.17. The van der Waals surface area contributed by atoms with Crippen LogP contribution in [0.3, 0.4) is 0 Å². The van der Waals surface area contributed by atoms with Crippen molar-refractivity contribution in [2.75, 3.05) is 6.79 Å². The average molecular weight is 192 g/mol. The molecule has 1 aliphatic rings. The van der Waals surface area contributed by atoms with Gasteiger partial charge in [-0.25, -0.2) is 0 Å². The number of hydrogen-bond acceptors (Lipinski definition) is 3. The molecule has 1 heterocycles. The summed E-state index contributed by atoms with van der Waals surface area (Å²) in [5.74, 6) is -0.00407. The fraction of sp³-hybridized carbons (Fsp3) is 0.364. The van der Waals surface area contributed by atoms with Gasteiger partial charge in [0.05, 0.1) is 6.10 Å². The molecule has 0 bridgehead atoms. The minimum atomic E-state index is -0.447. The molecule has 3 heteroatoms. The summed E-state index contributed by atoms with van der Waals surface area (Å²) < 4.78 is 10.4. The van der Waals surface area contributed by atoms with Crippen LogP contribution in [0.2, 0.25) is 0 Å². The van der Waals surface area contributed by atoms with Gasteiger partial charge < -0.3 is 9.47 Å². The summed E-state index contributed by atoms with van der Waals surface area (Å²) in [6.45, 7) is 2.06. The zero-order valence-corrected chi connectivity index (χ0v) is 7.97. The number of ketones is 1. The van der Waals surface area contributed by atoms with Crippen molar-refractivity contribution in [3.63, 3.8) is 0 Å². The van der Waals surface area contributed by atoms with Crippen molar-refractivity contribution in [3.05, 3.63) is 35.9 Å². The van der Waals surface area contributed by atoms with Gasteiger partial charge in [0.2, 0.25) is 0 Å². The number of carbonyl (C=O) groups excluding carboxylic acids is 1. The predicted molar refractivity (Wildman–Crippen MR) is 51.1 cm³/mol. The van der Waals surface area contributed by atoms with Crippen LogP contribution in [0.4, 0.5) is 0 Å². The molecule has 3 nitrogen and oxygen atoms in total. The molecule has 74 valence electrons. The average Bonchev–Trinajstić information content (AvgIpc) is 2.65. The Morgan fingerprint density at radius 1 is 1.29 bits per heavy atom. The van der Waals surface area contributed by atoms with E-state index in [9.17, 15) is 4.79 Å². The van der Waals surface area contributed by atoms with Crippen LogP contribution in [0, 0.1) is 0 Å². The first-order valence-corrected chi connectivity index (χ1v) is 4.61. The van der Waals surface area contributed by atoms with E-state index in [1.54, 1.807) is 12.1 Å². The van der Waals surface area contributed by atoms with Crippen molar-refractivity contribution in [2.24, 2.45) is 0 Å². The van der Waals surface area contributed by atoms with Crippen LogP contribution < -0.4 is 0 Å². The molecule has 1 saturated heterocycles. The van der Waals surface area contributed by atoms with Gasteiger partial charge in [0, 0.05) is 5.56 Å². The van der Waals surface area contributed by atoms with Gasteiger partial charge >= 0.3 is 0 Å². The van der Waals surface area contributed by atoms with Gasteiger partial charge in [0.25, 0.3) is 0 Å². The number of Topliss-reactive ketones (excluding diaryl/α,β-unsaturated/α-hetero) is 1. The van der Waals surface area contributed by atoms with Crippen LogP contribution in [0.1, 0.15) is 17.3 Å². The Balaban J connectivity index is 2.16. The maximum atomic E-state index is 11.9. The van der Waals surface area contributed by atoms with Gasteiger partial charge in [-0.1, -0.05) is 30.3 Å². The Labute approximate surface area is 82.6 Å². The molecule has 1 aromatic carbocycles. The second-order valence-corrected chi connectivity index (χ2v) is 3.31. The number of benzene rings is 1. The molecule has 0 aliphatic carbocycles. The molecular formula is C11H12O3. The van der Waals surface area contributed by atoms with E-state index in [4.69, 9.17) is 9.47 Å². The third-order valence-corrected chi connectivity index (χ3v) is 2.32. The van der Waals surface area contributed by atoms with E-state index in [0.29, 0.717) is 5.56 Å². The van der Waals surface area contributed by atoms with Crippen molar-refractivity contribution in [2.45, 2.75) is 19.1 Å². The van der Waals surface area contributed by atoms with E-state index in [0.717, 1.165) is 0 Å². The molecule has 14 heavy (non-hydrogen) atoms. The van der Waals surface area contributed by atoms with Gasteiger partial charge in [-0.2, -0.15) is 0 Å². The smallest absolute Gasteiger partial charge is 0.194 e. The monoisotopic (exact) mass is 192 g/mol. The summed E-state index contributed by atoms with van der Waals surface area (Å²) in [5, 5.41) is 0. The zero-order valence-electron chi connectivity index (χ0n) is 7.97. The van der Waals surface area contributed by atoms with Crippen LogP contribution in [0.15, 0.2) is 30.3 Å². The molecule has 2 unspecified atom stereocenters. The zero-order chi connectivity index (χ0) is 9.97. The topological polar surface area (TPSA) is 35.5 Å². The van der Waals surface area contributed by atoms with Gasteiger partial charge in [-0.05, 0) is 6.92 Å². The number of carbonyl (C=O) groups is 1. The maximum Gasteiger partial charge on any atom is 0.194 e. The van der Waals surface area contributed by atoms with Crippen LogP contribution in [-0.2, 0) is 9.47 Å². The molecular weight excluding hydrogens is 180 g/mol. The molecule has 0 aromatic heterocycles. The first-order valence-electron chi connectivity index (χ1n) is 4.61. The van der Waals surface area contributed by atoms with Crippen LogP contribution in [0.5, 0.6) is 0 Å². The largest absolute Gasteiger partial charge is 0.349 e. The first kappa shape index (κ1) is 9.37. The summed E-state index contributed by atoms with van der Waals surface area (Å²) >= 11 is 0. The predicted octanol–water partition coefficient (Wildman–Crippen LogP) is 1.63. The molecule has 0 spiro atoms. The lowest BCUT2D eigenvalue weighted by atomic mass is 10.0.